The van der Waals surface area contributed by atoms with Crippen LogP contribution in [0.2, 0.25) is 0 Å². The second kappa shape index (κ2) is 12.4. The second-order valence-corrected chi connectivity index (χ2v) is 8.31. The van der Waals surface area contributed by atoms with E-state index in [1.807, 2.05) is 18.9 Å². The Hall–Kier alpha value is -0.0700. The van der Waals surface area contributed by atoms with Gasteiger partial charge in [0.1, 0.15) is 0 Å². The van der Waals surface area contributed by atoms with Crippen molar-refractivity contribution in [3.8, 4) is 0 Å². The van der Waals surface area contributed by atoms with Crippen LogP contribution in [0.1, 0.15) is 58.3 Å². The molecule has 3 N–H and O–H groups in total. The van der Waals surface area contributed by atoms with Gasteiger partial charge in [0.15, 0.2) is 0 Å². The second-order valence-electron chi connectivity index (χ2n) is 8.31. The van der Waals surface area contributed by atoms with Crippen LogP contribution in [-0.2, 0) is 4.79 Å². The highest BCUT2D eigenvalue weighted by atomic mass is 35.5. The first kappa shape index (κ1) is 25.9. The Morgan fingerprint density at radius 3 is 2.31 bits per heavy atom. The molecule has 26 heavy (non-hydrogen) atoms. The minimum Gasteiger partial charge on any atom is -0.392 e. The molecule has 1 heterocycles. The Morgan fingerprint density at radius 2 is 1.81 bits per heavy atom. The average Bonchev–Trinajstić information content (AvgIpc) is 2.57. The molecule has 1 aliphatic carbocycles. The predicted octanol–water partition coefficient (Wildman–Crippen LogP) is 2.68. The first-order valence-corrected chi connectivity index (χ1v) is 9.78. The molecule has 0 aromatic carbocycles. The molecule has 0 aromatic heterocycles. The molecule has 7 heteroatoms. The standard InChI is InChI=1S/C19H37N3O2.2ClH/c1-16(23)13-22-10-6-17(7-11-22)14-21(2)18(24)12-19(15-20)8-4-3-5-9-19;;/h16-17,23H,3-15,20H2,1-2H3;2*1H. The van der Waals surface area contributed by atoms with Crippen molar-refractivity contribution in [1.29, 1.82) is 0 Å². The Bertz CT molecular complexity index is 396. The summed E-state index contributed by atoms with van der Waals surface area (Å²) in [5, 5.41) is 9.49. The van der Waals surface area contributed by atoms with Crippen LogP contribution < -0.4 is 5.73 Å². The number of hydrogen-bond donors (Lipinski definition) is 2. The molecule has 1 aliphatic heterocycles. The van der Waals surface area contributed by atoms with Gasteiger partial charge in [-0.15, -0.1) is 24.8 Å². The average molecular weight is 412 g/mol. The summed E-state index contributed by atoms with van der Waals surface area (Å²) >= 11 is 0. The summed E-state index contributed by atoms with van der Waals surface area (Å²) in [7, 11) is 1.96. The quantitative estimate of drug-likeness (QED) is 0.675. The van der Waals surface area contributed by atoms with Gasteiger partial charge in [-0.2, -0.15) is 0 Å². The molecular weight excluding hydrogens is 373 g/mol. The Morgan fingerprint density at radius 1 is 1.23 bits per heavy atom. The summed E-state index contributed by atoms with van der Waals surface area (Å²) < 4.78 is 0. The molecule has 2 fully saturated rings. The number of β-amino-alcohol motifs (C(OH)–C–C–N with tert-alkyl or cyclic N) is 1. The molecule has 2 aliphatic rings. The predicted molar refractivity (Wildman–Crippen MR) is 112 cm³/mol. The van der Waals surface area contributed by atoms with Crippen LogP contribution in [0.4, 0.5) is 0 Å². The van der Waals surface area contributed by atoms with Gasteiger partial charge in [-0.25, -0.2) is 0 Å². The highest BCUT2D eigenvalue weighted by Crippen LogP contribution is 2.38. The number of halogens is 2. The molecule has 0 aromatic rings. The molecule has 1 atom stereocenters. The maximum Gasteiger partial charge on any atom is 0.222 e. The fraction of sp³-hybridized carbons (Fsp3) is 0.947. The SMILES string of the molecule is CC(O)CN1CCC(CN(C)C(=O)CC2(CN)CCCCC2)CC1.Cl.Cl. The van der Waals surface area contributed by atoms with E-state index in [-0.39, 0.29) is 42.2 Å². The topological polar surface area (TPSA) is 69.8 Å². The highest BCUT2D eigenvalue weighted by molar-refractivity contribution is 5.85. The molecule has 1 saturated heterocycles. The molecular formula is C19H39Cl2N3O2. The monoisotopic (exact) mass is 411 g/mol. The van der Waals surface area contributed by atoms with Crippen LogP contribution in [0, 0.1) is 11.3 Å². The molecule has 2 rings (SSSR count). The fourth-order valence-electron chi connectivity index (χ4n) is 4.42. The van der Waals surface area contributed by atoms with Crippen molar-refractivity contribution in [2.75, 3.05) is 39.8 Å². The Labute approximate surface area is 171 Å². The van der Waals surface area contributed by atoms with Gasteiger partial charge >= 0.3 is 0 Å². The van der Waals surface area contributed by atoms with E-state index in [1.54, 1.807) is 0 Å². The van der Waals surface area contributed by atoms with E-state index in [4.69, 9.17) is 5.73 Å². The number of carbonyl (C=O) groups is 1. The molecule has 0 spiro atoms. The lowest BCUT2D eigenvalue weighted by Crippen LogP contribution is -2.43. The van der Waals surface area contributed by atoms with E-state index >= 15 is 0 Å². The number of amides is 1. The number of piperidine rings is 1. The largest absolute Gasteiger partial charge is 0.392 e. The van der Waals surface area contributed by atoms with Crippen LogP contribution in [-0.4, -0.2) is 66.7 Å². The van der Waals surface area contributed by atoms with E-state index in [0.29, 0.717) is 18.9 Å². The summed E-state index contributed by atoms with van der Waals surface area (Å²) in [6, 6.07) is 0. The van der Waals surface area contributed by atoms with E-state index in [0.717, 1.165) is 51.9 Å². The summed E-state index contributed by atoms with van der Waals surface area (Å²) in [4.78, 5) is 17.0. The van der Waals surface area contributed by atoms with Crippen LogP contribution in [0.5, 0.6) is 0 Å². The summed E-state index contributed by atoms with van der Waals surface area (Å²) in [5.41, 5.74) is 6.09. The molecule has 5 nitrogen and oxygen atoms in total. The van der Waals surface area contributed by atoms with Crippen LogP contribution >= 0.6 is 24.8 Å². The van der Waals surface area contributed by atoms with Crippen LogP contribution in [0.25, 0.3) is 0 Å². The first-order chi connectivity index (χ1) is 11.4. The molecule has 156 valence electrons. The van der Waals surface area contributed by atoms with Crippen molar-refractivity contribution in [1.82, 2.24) is 9.80 Å². The van der Waals surface area contributed by atoms with Gasteiger partial charge < -0.3 is 20.6 Å². The zero-order valence-corrected chi connectivity index (χ0v) is 18.1. The minimum absolute atomic E-state index is 0. The number of rotatable bonds is 7. The van der Waals surface area contributed by atoms with Gasteiger partial charge in [0.25, 0.3) is 0 Å². The van der Waals surface area contributed by atoms with Gasteiger partial charge in [0.2, 0.25) is 5.91 Å². The third kappa shape index (κ3) is 7.89. The van der Waals surface area contributed by atoms with Crippen molar-refractivity contribution in [3.63, 3.8) is 0 Å². The van der Waals surface area contributed by atoms with E-state index in [2.05, 4.69) is 4.90 Å². The van der Waals surface area contributed by atoms with Crippen molar-refractivity contribution in [2.24, 2.45) is 17.1 Å². The zero-order chi connectivity index (χ0) is 17.6. The van der Waals surface area contributed by atoms with Gasteiger partial charge in [0.05, 0.1) is 6.10 Å². The first-order valence-electron chi connectivity index (χ1n) is 9.78. The summed E-state index contributed by atoms with van der Waals surface area (Å²) in [6.07, 6.45) is 8.55. The smallest absolute Gasteiger partial charge is 0.222 e. The lowest BCUT2D eigenvalue weighted by molar-refractivity contribution is -0.133. The minimum atomic E-state index is -0.256. The maximum atomic E-state index is 12.7. The number of hydrogen-bond acceptors (Lipinski definition) is 4. The lowest BCUT2D eigenvalue weighted by Gasteiger charge is -2.38. The molecule has 1 unspecified atom stereocenters. The number of nitrogens with zero attached hydrogens (tertiary/aromatic N) is 2. The third-order valence-electron chi connectivity index (χ3n) is 6.06. The van der Waals surface area contributed by atoms with Crippen molar-refractivity contribution in [2.45, 2.75) is 64.4 Å². The van der Waals surface area contributed by atoms with Gasteiger partial charge in [0, 0.05) is 26.6 Å². The zero-order valence-electron chi connectivity index (χ0n) is 16.5. The number of aliphatic hydroxyl groups is 1. The molecule has 1 saturated carbocycles. The molecule has 0 radical (unpaired) electrons. The van der Waals surface area contributed by atoms with Gasteiger partial charge in [-0.3, -0.25) is 4.79 Å². The van der Waals surface area contributed by atoms with Crippen molar-refractivity contribution < 1.29 is 9.90 Å². The van der Waals surface area contributed by atoms with Crippen molar-refractivity contribution >= 4 is 30.7 Å². The molecule has 0 bridgehead atoms. The third-order valence-corrected chi connectivity index (χ3v) is 6.06. The highest BCUT2D eigenvalue weighted by Gasteiger charge is 2.34. The van der Waals surface area contributed by atoms with Crippen LogP contribution in [0.3, 0.4) is 0 Å². The Balaban J connectivity index is 0.00000312. The Kier molecular flexibility index (Phi) is 12.4. The summed E-state index contributed by atoms with van der Waals surface area (Å²) in [5.74, 6) is 0.859. The van der Waals surface area contributed by atoms with Gasteiger partial charge in [-0.1, -0.05) is 19.3 Å². The summed E-state index contributed by atoms with van der Waals surface area (Å²) in [6.45, 7) is 6.18. The number of carbonyl (C=O) groups excluding carboxylic acids is 1. The number of aliphatic hydroxyl groups excluding tert-OH is 1. The van der Waals surface area contributed by atoms with E-state index < -0.39 is 0 Å². The van der Waals surface area contributed by atoms with E-state index in [9.17, 15) is 9.90 Å². The van der Waals surface area contributed by atoms with Crippen LogP contribution in [0.15, 0.2) is 0 Å². The molecule has 1 amide bonds. The fourth-order valence-corrected chi connectivity index (χ4v) is 4.42. The van der Waals surface area contributed by atoms with Gasteiger partial charge in [-0.05, 0) is 63.6 Å². The number of nitrogens with two attached hydrogens (primary N) is 1. The lowest BCUT2D eigenvalue weighted by atomic mass is 9.71. The van der Waals surface area contributed by atoms with E-state index in [1.165, 1.54) is 19.3 Å². The normalized spacial score (nSPS) is 22.0. The van der Waals surface area contributed by atoms with Crippen molar-refractivity contribution in [3.05, 3.63) is 0 Å². The maximum absolute atomic E-state index is 12.7. The number of likely N-dealkylation sites (tertiary alicyclic amines) is 1.